The molecule has 11 heteroatoms. The van der Waals surface area contributed by atoms with Crippen LogP contribution in [0.25, 0.3) is 10.9 Å². The Hall–Kier alpha value is -4.93. The number of para-hydroxylation sites is 1. The first kappa shape index (κ1) is 22.3. The van der Waals surface area contributed by atoms with Gasteiger partial charge in [0.1, 0.15) is 0 Å². The Morgan fingerprint density at radius 1 is 0.912 bits per heavy atom. The van der Waals surface area contributed by atoms with Crippen molar-refractivity contribution in [1.82, 2.24) is 4.57 Å². The predicted octanol–water partition coefficient (Wildman–Crippen LogP) is 5.33. The van der Waals surface area contributed by atoms with Crippen molar-refractivity contribution in [3.63, 3.8) is 0 Å². The van der Waals surface area contributed by atoms with E-state index in [9.17, 15) is 30.1 Å². The second-order valence-electron chi connectivity index (χ2n) is 7.33. The number of carbonyl (C=O) groups excluding carboxylic acids is 1. The quantitative estimate of drug-likeness (QED) is 0.224. The number of azo groups is 1. The SMILES string of the molecule is O=C(N=Nc1c(O)n(CCc2ccccc2)c2ccccc12)c1cc([N+](=O)[O-])cc([N+](=O)[O-])c1. The number of aromatic hydroxyl groups is 1. The number of hydrogen-bond acceptors (Lipinski definition) is 7. The van der Waals surface area contributed by atoms with Crippen molar-refractivity contribution < 1.29 is 19.7 Å². The van der Waals surface area contributed by atoms with Gasteiger partial charge in [-0.25, -0.2) is 0 Å². The first-order chi connectivity index (χ1) is 16.3. The van der Waals surface area contributed by atoms with Gasteiger partial charge in [0.05, 0.1) is 27.0 Å². The number of aromatic nitrogens is 1. The van der Waals surface area contributed by atoms with Gasteiger partial charge >= 0.3 is 0 Å². The summed E-state index contributed by atoms with van der Waals surface area (Å²) in [7, 11) is 0. The van der Waals surface area contributed by atoms with Gasteiger partial charge in [0.2, 0.25) is 5.88 Å². The molecule has 0 aliphatic carbocycles. The van der Waals surface area contributed by atoms with Gasteiger partial charge in [0.15, 0.2) is 5.69 Å². The van der Waals surface area contributed by atoms with Gasteiger partial charge in [-0.05, 0) is 18.1 Å². The van der Waals surface area contributed by atoms with E-state index in [0.717, 1.165) is 23.8 Å². The lowest BCUT2D eigenvalue weighted by Gasteiger charge is -2.07. The lowest BCUT2D eigenvalue weighted by Crippen LogP contribution is -2.00. The summed E-state index contributed by atoms with van der Waals surface area (Å²) in [6.45, 7) is 0.441. The minimum atomic E-state index is -1.02. The monoisotopic (exact) mass is 459 g/mol. The molecule has 1 heterocycles. The van der Waals surface area contributed by atoms with Gasteiger partial charge in [-0.2, -0.15) is 0 Å². The van der Waals surface area contributed by atoms with E-state index in [0.29, 0.717) is 23.9 Å². The minimum absolute atomic E-state index is 0.0527. The van der Waals surface area contributed by atoms with Crippen molar-refractivity contribution >= 4 is 33.9 Å². The zero-order chi connectivity index (χ0) is 24.2. The Morgan fingerprint density at radius 3 is 2.18 bits per heavy atom. The summed E-state index contributed by atoms with van der Waals surface area (Å²) < 4.78 is 1.65. The maximum Gasteiger partial charge on any atom is 0.295 e. The van der Waals surface area contributed by atoms with Crippen LogP contribution in [0.4, 0.5) is 17.1 Å². The number of aryl methyl sites for hydroxylation is 2. The van der Waals surface area contributed by atoms with Crippen molar-refractivity contribution in [3.8, 4) is 5.88 Å². The van der Waals surface area contributed by atoms with Crippen LogP contribution in [0.5, 0.6) is 5.88 Å². The second-order valence-corrected chi connectivity index (χ2v) is 7.33. The van der Waals surface area contributed by atoms with Gasteiger partial charge < -0.3 is 9.67 Å². The fraction of sp³-hybridized carbons (Fsp3) is 0.0870. The van der Waals surface area contributed by atoms with E-state index in [-0.39, 0.29) is 17.1 Å². The number of benzene rings is 3. The number of non-ortho nitro benzene ring substituents is 2. The van der Waals surface area contributed by atoms with E-state index in [1.165, 1.54) is 0 Å². The Morgan fingerprint density at radius 2 is 1.53 bits per heavy atom. The zero-order valence-electron chi connectivity index (χ0n) is 17.6. The van der Waals surface area contributed by atoms with Crippen molar-refractivity contribution in [3.05, 3.63) is 104 Å². The third-order valence-corrected chi connectivity index (χ3v) is 5.20. The molecule has 0 saturated carbocycles. The summed E-state index contributed by atoms with van der Waals surface area (Å²) in [5.74, 6) is -1.22. The molecule has 1 aromatic heterocycles. The number of nitro groups is 2. The molecule has 11 nitrogen and oxygen atoms in total. The molecule has 0 saturated heterocycles. The Balaban J connectivity index is 1.68. The van der Waals surface area contributed by atoms with Crippen LogP contribution in [0.15, 0.2) is 83.0 Å². The summed E-state index contributed by atoms with van der Waals surface area (Å²) in [5.41, 5.74) is 0.212. The molecule has 1 amide bonds. The number of fused-ring (bicyclic) bond motifs is 1. The molecule has 0 unspecified atom stereocenters. The van der Waals surface area contributed by atoms with Crippen molar-refractivity contribution in [2.75, 3.05) is 0 Å². The van der Waals surface area contributed by atoms with Crippen LogP contribution in [0.1, 0.15) is 15.9 Å². The topological polar surface area (TPSA) is 153 Å². The van der Waals surface area contributed by atoms with Crippen LogP contribution in [0, 0.1) is 20.2 Å². The summed E-state index contributed by atoms with van der Waals surface area (Å²) >= 11 is 0. The molecule has 3 aromatic carbocycles. The van der Waals surface area contributed by atoms with Crippen LogP contribution in [-0.4, -0.2) is 25.4 Å². The molecule has 0 atom stereocenters. The van der Waals surface area contributed by atoms with Crippen LogP contribution in [0.2, 0.25) is 0 Å². The normalized spacial score (nSPS) is 11.2. The van der Waals surface area contributed by atoms with Crippen molar-refractivity contribution in [1.29, 1.82) is 0 Å². The van der Waals surface area contributed by atoms with E-state index in [1.807, 2.05) is 30.3 Å². The molecule has 4 rings (SSSR count). The maximum atomic E-state index is 12.5. The van der Waals surface area contributed by atoms with Gasteiger partial charge in [-0.15, -0.1) is 10.2 Å². The molecule has 0 aliphatic heterocycles. The van der Waals surface area contributed by atoms with Gasteiger partial charge in [0.25, 0.3) is 17.3 Å². The van der Waals surface area contributed by atoms with Gasteiger partial charge in [-0.3, -0.25) is 25.0 Å². The standard InChI is InChI=1S/C23H17N5O6/c29-22(16-12-17(27(31)32)14-18(13-16)28(33)34)25-24-21-19-8-4-5-9-20(19)26(23(21)30)11-10-15-6-2-1-3-7-15/h1-9,12-14,30H,10-11H2. The van der Waals surface area contributed by atoms with E-state index in [2.05, 4.69) is 10.2 Å². The third kappa shape index (κ3) is 4.48. The largest absolute Gasteiger partial charge is 0.493 e. The molecular formula is C23H17N5O6. The number of nitro benzene ring substituents is 2. The van der Waals surface area contributed by atoms with Crippen LogP contribution >= 0.6 is 0 Å². The molecule has 0 bridgehead atoms. The van der Waals surface area contributed by atoms with E-state index < -0.39 is 27.1 Å². The number of rotatable bonds is 7. The highest BCUT2D eigenvalue weighted by atomic mass is 16.6. The molecule has 0 fully saturated rings. The molecule has 0 spiro atoms. The second kappa shape index (κ2) is 9.28. The highest BCUT2D eigenvalue weighted by Gasteiger charge is 2.21. The number of carbonyl (C=O) groups is 1. The number of amides is 1. The fourth-order valence-electron chi connectivity index (χ4n) is 3.56. The fourth-order valence-corrected chi connectivity index (χ4v) is 3.56. The molecule has 1 N–H and O–H groups in total. The number of hydrogen-bond donors (Lipinski definition) is 1. The molecule has 4 aromatic rings. The molecular weight excluding hydrogens is 442 g/mol. The van der Waals surface area contributed by atoms with Crippen molar-refractivity contribution in [2.45, 2.75) is 13.0 Å². The highest BCUT2D eigenvalue weighted by Crippen LogP contribution is 2.39. The summed E-state index contributed by atoms with van der Waals surface area (Å²) in [6.07, 6.45) is 0.639. The van der Waals surface area contributed by atoms with Gasteiger partial charge in [0, 0.05) is 24.1 Å². The smallest absolute Gasteiger partial charge is 0.295 e. The van der Waals surface area contributed by atoms with Crippen molar-refractivity contribution in [2.24, 2.45) is 10.2 Å². The van der Waals surface area contributed by atoms with E-state index >= 15 is 0 Å². The first-order valence-electron chi connectivity index (χ1n) is 10.1. The molecule has 34 heavy (non-hydrogen) atoms. The number of nitrogens with zero attached hydrogens (tertiary/aromatic N) is 5. The Labute approximate surface area is 191 Å². The molecule has 0 radical (unpaired) electrons. The predicted molar refractivity (Wildman–Crippen MR) is 122 cm³/mol. The minimum Gasteiger partial charge on any atom is -0.493 e. The lowest BCUT2D eigenvalue weighted by atomic mass is 10.1. The summed E-state index contributed by atoms with van der Waals surface area (Å²) in [4.78, 5) is 33.0. The Bertz CT molecular complexity index is 1410. The Kier molecular flexibility index (Phi) is 6.08. The summed E-state index contributed by atoms with van der Waals surface area (Å²) in [6, 6.07) is 19.3. The highest BCUT2D eigenvalue weighted by molar-refractivity contribution is 5.98. The van der Waals surface area contributed by atoms with E-state index in [1.54, 1.807) is 28.8 Å². The lowest BCUT2D eigenvalue weighted by molar-refractivity contribution is -0.394. The molecule has 0 aliphatic rings. The van der Waals surface area contributed by atoms with Gasteiger partial charge in [-0.1, -0.05) is 48.5 Å². The van der Waals surface area contributed by atoms with Crippen LogP contribution in [-0.2, 0) is 13.0 Å². The van der Waals surface area contributed by atoms with Crippen LogP contribution in [0.3, 0.4) is 0 Å². The zero-order valence-corrected chi connectivity index (χ0v) is 17.6. The third-order valence-electron chi connectivity index (χ3n) is 5.20. The van der Waals surface area contributed by atoms with Crippen LogP contribution < -0.4 is 0 Å². The average Bonchev–Trinajstić information content (AvgIpc) is 3.11. The average molecular weight is 459 g/mol. The molecule has 170 valence electrons. The maximum absolute atomic E-state index is 12.5. The first-order valence-corrected chi connectivity index (χ1v) is 10.1. The van der Waals surface area contributed by atoms with E-state index in [4.69, 9.17) is 0 Å². The summed E-state index contributed by atoms with van der Waals surface area (Å²) in [5, 5.41) is 41.0.